The number of halogens is 1. The lowest BCUT2D eigenvalue weighted by molar-refractivity contribution is 0.0597. The number of esters is 1. The Morgan fingerprint density at radius 3 is 2.59 bits per heavy atom. The van der Waals surface area contributed by atoms with E-state index in [4.69, 9.17) is 21.1 Å². The summed E-state index contributed by atoms with van der Waals surface area (Å²) in [5.74, 6) is 0.00194. The van der Waals surface area contributed by atoms with E-state index in [2.05, 4.69) is 10.4 Å². The number of aryl methyl sites for hydroxylation is 1. The van der Waals surface area contributed by atoms with E-state index in [1.165, 1.54) is 14.2 Å². The third kappa shape index (κ3) is 4.34. The average Bonchev–Trinajstić information content (AvgIpc) is 3.56. The molecule has 166 valence electrons. The molecule has 0 unspecified atom stereocenters. The lowest BCUT2D eigenvalue weighted by Crippen LogP contribution is -2.24. The molecule has 1 heterocycles. The van der Waals surface area contributed by atoms with Crippen molar-refractivity contribution in [2.24, 2.45) is 0 Å². The third-order valence-corrected chi connectivity index (χ3v) is 5.94. The minimum atomic E-state index is -0.496. The van der Waals surface area contributed by atoms with Crippen LogP contribution in [0.25, 0.3) is 5.69 Å². The molecule has 1 aromatic heterocycles. The van der Waals surface area contributed by atoms with Gasteiger partial charge in [0.2, 0.25) is 0 Å². The van der Waals surface area contributed by atoms with Crippen LogP contribution >= 0.6 is 11.6 Å². The maximum absolute atomic E-state index is 13.0. The molecule has 4 rings (SSSR count). The summed E-state index contributed by atoms with van der Waals surface area (Å²) in [6.07, 6.45) is 3.64. The minimum absolute atomic E-state index is 0.216. The van der Waals surface area contributed by atoms with E-state index in [1.807, 2.05) is 25.1 Å². The number of carbonyl (C=O) groups excluding carboxylic acids is 2. The first kappa shape index (κ1) is 21.9. The zero-order valence-electron chi connectivity index (χ0n) is 18.1. The number of rotatable bonds is 7. The van der Waals surface area contributed by atoms with E-state index in [9.17, 15) is 9.59 Å². The predicted octanol–water partition coefficient (Wildman–Crippen LogP) is 4.44. The van der Waals surface area contributed by atoms with Crippen LogP contribution < -0.4 is 10.1 Å². The van der Waals surface area contributed by atoms with Crippen LogP contribution in [-0.4, -0.2) is 35.9 Å². The van der Waals surface area contributed by atoms with Gasteiger partial charge >= 0.3 is 5.97 Å². The van der Waals surface area contributed by atoms with Crippen molar-refractivity contribution >= 4 is 23.5 Å². The van der Waals surface area contributed by atoms with Crippen LogP contribution in [0.3, 0.4) is 0 Å². The van der Waals surface area contributed by atoms with Gasteiger partial charge in [-0.3, -0.25) is 4.79 Å². The van der Waals surface area contributed by atoms with E-state index in [0.717, 1.165) is 35.3 Å². The molecule has 7 nitrogen and oxygen atoms in total. The van der Waals surface area contributed by atoms with Crippen molar-refractivity contribution in [3.63, 3.8) is 0 Å². The minimum Gasteiger partial charge on any atom is -0.496 e. The summed E-state index contributed by atoms with van der Waals surface area (Å²) in [6, 6.07) is 10.9. The van der Waals surface area contributed by atoms with E-state index in [0.29, 0.717) is 27.8 Å². The summed E-state index contributed by atoms with van der Waals surface area (Å²) in [5.41, 5.74) is 4.33. The van der Waals surface area contributed by atoms with Crippen LogP contribution in [0.2, 0.25) is 5.02 Å². The fraction of sp³-hybridized carbons (Fsp3) is 0.292. The van der Waals surface area contributed by atoms with Gasteiger partial charge in [0.1, 0.15) is 11.3 Å². The van der Waals surface area contributed by atoms with E-state index < -0.39 is 5.97 Å². The van der Waals surface area contributed by atoms with Gasteiger partial charge in [-0.1, -0.05) is 23.7 Å². The summed E-state index contributed by atoms with van der Waals surface area (Å²) in [4.78, 5) is 25.0. The predicted molar refractivity (Wildman–Crippen MR) is 121 cm³/mol. The highest BCUT2D eigenvalue weighted by atomic mass is 35.5. The van der Waals surface area contributed by atoms with Gasteiger partial charge in [-0.25, -0.2) is 9.48 Å². The van der Waals surface area contributed by atoms with Gasteiger partial charge in [0.15, 0.2) is 0 Å². The largest absolute Gasteiger partial charge is 0.496 e. The molecule has 2 aromatic carbocycles. The van der Waals surface area contributed by atoms with E-state index in [-0.39, 0.29) is 12.5 Å². The van der Waals surface area contributed by atoms with Crippen molar-refractivity contribution in [1.29, 1.82) is 0 Å². The van der Waals surface area contributed by atoms with Gasteiger partial charge in [-0.15, -0.1) is 0 Å². The Hall–Kier alpha value is -3.32. The number of amides is 1. The maximum Gasteiger partial charge on any atom is 0.341 e. The zero-order valence-corrected chi connectivity index (χ0v) is 18.9. The molecule has 32 heavy (non-hydrogen) atoms. The molecule has 0 atom stereocenters. The number of hydrogen-bond donors (Lipinski definition) is 1. The zero-order chi connectivity index (χ0) is 22.8. The molecule has 1 N–H and O–H groups in total. The average molecular weight is 454 g/mol. The summed E-state index contributed by atoms with van der Waals surface area (Å²) < 4.78 is 11.8. The molecule has 0 aliphatic heterocycles. The highest BCUT2D eigenvalue weighted by molar-refractivity contribution is 6.31. The van der Waals surface area contributed by atoms with Crippen molar-refractivity contribution in [3.05, 3.63) is 75.6 Å². The molecule has 1 aliphatic carbocycles. The first-order valence-electron chi connectivity index (χ1n) is 10.3. The van der Waals surface area contributed by atoms with Crippen molar-refractivity contribution in [2.45, 2.75) is 32.2 Å². The summed E-state index contributed by atoms with van der Waals surface area (Å²) in [5, 5.41) is 8.08. The SMILES string of the molecule is COC(=O)c1cc(CNC(=O)c2cnn(-c3ccc(C)c(Cl)c3)c2C2CC2)ccc1OC. The Morgan fingerprint density at radius 2 is 1.94 bits per heavy atom. The smallest absolute Gasteiger partial charge is 0.341 e. The van der Waals surface area contributed by atoms with Gasteiger partial charge in [-0.05, 0) is 55.2 Å². The lowest BCUT2D eigenvalue weighted by atomic mass is 10.1. The molecule has 1 amide bonds. The van der Waals surface area contributed by atoms with Gasteiger partial charge in [-0.2, -0.15) is 5.10 Å². The van der Waals surface area contributed by atoms with Crippen molar-refractivity contribution in [1.82, 2.24) is 15.1 Å². The Kier molecular flexibility index (Phi) is 6.19. The first-order chi connectivity index (χ1) is 15.4. The number of carbonyl (C=O) groups is 2. The molecular weight excluding hydrogens is 430 g/mol. The number of hydrogen-bond acceptors (Lipinski definition) is 5. The molecule has 0 spiro atoms. The number of aromatic nitrogens is 2. The van der Waals surface area contributed by atoms with Crippen LogP contribution in [0, 0.1) is 6.92 Å². The van der Waals surface area contributed by atoms with Gasteiger partial charge < -0.3 is 14.8 Å². The maximum atomic E-state index is 13.0. The Morgan fingerprint density at radius 1 is 1.16 bits per heavy atom. The second-order valence-corrected chi connectivity index (χ2v) is 8.18. The quantitative estimate of drug-likeness (QED) is 0.535. The Balaban J connectivity index is 1.56. The number of nitrogens with zero attached hydrogens (tertiary/aromatic N) is 2. The number of nitrogens with one attached hydrogen (secondary N) is 1. The normalized spacial score (nSPS) is 13.0. The molecule has 0 saturated heterocycles. The monoisotopic (exact) mass is 453 g/mol. The van der Waals surface area contributed by atoms with Crippen LogP contribution in [0.5, 0.6) is 5.75 Å². The number of ether oxygens (including phenoxy) is 2. The van der Waals surface area contributed by atoms with Crippen LogP contribution in [0.15, 0.2) is 42.6 Å². The fourth-order valence-corrected chi connectivity index (χ4v) is 3.79. The number of methoxy groups -OCH3 is 2. The summed E-state index contributed by atoms with van der Waals surface area (Å²) >= 11 is 6.30. The summed E-state index contributed by atoms with van der Waals surface area (Å²) in [6.45, 7) is 2.19. The fourth-order valence-electron chi connectivity index (χ4n) is 3.61. The Labute approximate surface area is 191 Å². The number of benzene rings is 2. The van der Waals surface area contributed by atoms with Gasteiger partial charge in [0, 0.05) is 17.5 Å². The van der Waals surface area contributed by atoms with Crippen LogP contribution in [0.1, 0.15) is 56.3 Å². The summed E-state index contributed by atoms with van der Waals surface area (Å²) in [7, 11) is 2.80. The molecule has 0 bridgehead atoms. The molecule has 0 radical (unpaired) electrons. The molecule has 3 aromatic rings. The van der Waals surface area contributed by atoms with Gasteiger partial charge in [0.25, 0.3) is 5.91 Å². The Bertz CT molecular complexity index is 1180. The molecule has 1 fully saturated rings. The van der Waals surface area contributed by atoms with Crippen LogP contribution in [0.4, 0.5) is 0 Å². The second kappa shape index (κ2) is 9.04. The van der Waals surface area contributed by atoms with Crippen LogP contribution in [-0.2, 0) is 11.3 Å². The van der Waals surface area contributed by atoms with Gasteiger partial charge in [0.05, 0.1) is 37.4 Å². The van der Waals surface area contributed by atoms with E-state index in [1.54, 1.807) is 29.1 Å². The van der Waals surface area contributed by atoms with Crippen molar-refractivity contribution < 1.29 is 19.1 Å². The highest BCUT2D eigenvalue weighted by Gasteiger charge is 2.33. The topological polar surface area (TPSA) is 82.5 Å². The third-order valence-electron chi connectivity index (χ3n) is 5.54. The molecule has 1 saturated carbocycles. The lowest BCUT2D eigenvalue weighted by Gasteiger charge is -2.12. The standard InChI is InChI=1S/C24H24ClN3O4/c1-14-4-8-17(11-20(14)25)28-22(16-6-7-16)19(13-27-28)23(29)26-12-15-5-9-21(31-2)18(10-15)24(30)32-3/h4-5,8-11,13,16H,6-7,12H2,1-3H3,(H,26,29). The van der Waals surface area contributed by atoms with E-state index >= 15 is 0 Å². The molecule has 8 heteroatoms. The first-order valence-corrected chi connectivity index (χ1v) is 10.7. The van der Waals surface area contributed by atoms with Crippen molar-refractivity contribution in [2.75, 3.05) is 14.2 Å². The van der Waals surface area contributed by atoms with Crippen molar-refractivity contribution in [3.8, 4) is 11.4 Å². The highest BCUT2D eigenvalue weighted by Crippen LogP contribution is 2.42. The second-order valence-electron chi connectivity index (χ2n) is 7.77. The molecule has 1 aliphatic rings. The molecular formula is C24H24ClN3O4.